The van der Waals surface area contributed by atoms with Crippen molar-refractivity contribution in [1.82, 2.24) is 10.1 Å². The lowest BCUT2D eigenvalue weighted by Gasteiger charge is -1.97. The molecule has 0 aliphatic carbocycles. The molecule has 0 radical (unpaired) electrons. The van der Waals surface area contributed by atoms with Crippen LogP contribution in [0.3, 0.4) is 0 Å². The van der Waals surface area contributed by atoms with Gasteiger partial charge < -0.3 is 9.63 Å². The van der Waals surface area contributed by atoms with Crippen molar-refractivity contribution in [3.05, 3.63) is 47.6 Å². The fourth-order valence-electron chi connectivity index (χ4n) is 1.53. The average molecular weight is 232 g/mol. The minimum Gasteiger partial charge on any atom is -0.475 e. The second-order valence-electron chi connectivity index (χ2n) is 3.66. The maximum absolute atomic E-state index is 10.5. The minimum absolute atomic E-state index is 0.278. The third-order valence-corrected chi connectivity index (χ3v) is 2.36. The topological polar surface area (TPSA) is 76.2 Å². The summed E-state index contributed by atoms with van der Waals surface area (Å²) in [5, 5.41) is 12.0. The van der Waals surface area contributed by atoms with E-state index in [9.17, 15) is 4.79 Å². The van der Waals surface area contributed by atoms with Crippen LogP contribution < -0.4 is 0 Å². The molecule has 0 aliphatic heterocycles. The number of aromatic nitrogens is 2. The molecule has 1 aromatic carbocycles. The number of aromatic carboxylic acids is 1. The van der Waals surface area contributed by atoms with Crippen LogP contribution in [0.1, 0.15) is 28.5 Å². The van der Waals surface area contributed by atoms with Crippen LogP contribution in [0.5, 0.6) is 0 Å². The summed E-state index contributed by atoms with van der Waals surface area (Å²) in [5.41, 5.74) is 1.24. The first-order chi connectivity index (χ1) is 8.25. The molecule has 0 aliphatic rings. The standard InChI is InChI=1S/C12H12N2O3/c15-12(16)11-13-10(17-14-11)8-4-7-9-5-2-1-3-6-9/h1-3,5-6H,4,7-8H2,(H,15,16). The molecule has 5 nitrogen and oxygen atoms in total. The number of aryl methyl sites for hydroxylation is 2. The van der Waals surface area contributed by atoms with Crippen LogP contribution in [0.25, 0.3) is 0 Å². The molecule has 17 heavy (non-hydrogen) atoms. The highest BCUT2D eigenvalue weighted by Gasteiger charge is 2.12. The van der Waals surface area contributed by atoms with Gasteiger partial charge >= 0.3 is 5.97 Å². The van der Waals surface area contributed by atoms with E-state index >= 15 is 0 Å². The summed E-state index contributed by atoms with van der Waals surface area (Å²) in [6.07, 6.45) is 2.35. The number of hydrogen-bond acceptors (Lipinski definition) is 4. The van der Waals surface area contributed by atoms with Crippen molar-refractivity contribution in [3.8, 4) is 0 Å². The Hall–Kier alpha value is -2.17. The summed E-state index contributed by atoms with van der Waals surface area (Å²) < 4.78 is 4.82. The highest BCUT2D eigenvalue weighted by Crippen LogP contribution is 2.06. The van der Waals surface area contributed by atoms with Crippen LogP contribution in [0.4, 0.5) is 0 Å². The van der Waals surface area contributed by atoms with E-state index in [-0.39, 0.29) is 5.82 Å². The molecule has 1 N–H and O–H groups in total. The van der Waals surface area contributed by atoms with Gasteiger partial charge in [0.2, 0.25) is 5.89 Å². The van der Waals surface area contributed by atoms with E-state index in [2.05, 4.69) is 22.3 Å². The molecule has 0 atom stereocenters. The lowest BCUT2D eigenvalue weighted by molar-refractivity contribution is 0.0680. The van der Waals surface area contributed by atoms with Gasteiger partial charge in [-0.2, -0.15) is 4.98 Å². The molecular formula is C12H12N2O3. The van der Waals surface area contributed by atoms with Gasteiger partial charge in [-0.15, -0.1) is 0 Å². The molecule has 5 heteroatoms. The molecule has 0 saturated carbocycles. The lowest BCUT2D eigenvalue weighted by atomic mass is 10.1. The molecule has 0 fully saturated rings. The summed E-state index contributed by atoms with van der Waals surface area (Å²) in [7, 11) is 0. The summed E-state index contributed by atoms with van der Waals surface area (Å²) in [5.74, 6) is -1.07. The zero-order valence-corrected chi connectivity index (χ0v) is 9.17. The molecular weight excluding hydrogens is 220 g/mol. The van der Waals surface area contributed by atoms with Crippen molar-refractivity contribution < 1.29 is 14.4 Å². The van der Waals surface area contributed by atoms with E-state index in [0.717, 1.165) is 12.8 Å². The molecule has 2 aromatic rings. The number of carboxylic acids is 1. The zero-order chi connectivity index (χ0) is 12.1. The highest BCUT2D eigenvalue weighted by atomic mass is 16.5. The van der Waals surface area contributed by atoms with Crippen molar-refractivity contribution in [2.24, 2.45) is 0 Å². The number of rotatable bonds is 5. The van der Waals surface area contributed by atoms with Gasteiger partial charge in [0.05, 0.1) is 0 Å². The number of benzene rings is 1. The summed E-state index contributed by atoms with van der Waals surface area (Å²) in [4.78, 5) is 14.3. The molecule has 0 amide bonds. The Balaban J connectivity index is 1.84. The third kappa shape index (κ3) is 3.14. The number of carbonyl (C=O) groups is 1. The minimum atomic E-state index is -1.16. The predicted octanol–water partition coefficient (Wildman–Crippen LogP) is 1.94. The Kier molecular flexibility index (Phi) is 3.49. The molecule has 0 unspecified atom stereocenters. The Labute approximate surface area is 98.1 Å². The van der Waals surface area contributed by atoms with Gasteiger partial charge in [-0.05, 0) is 23.6 Å². The first kappa shape index (κ1) is 11.3. The van der Waals surface area contributed by atoms with E-state index in [0.29, 0.717) is 12.3 Å². The molecule has 2 rings (SSSR count). The maximum Gasteiger partial charge on any atom is 0.377 e. The quantitative estimate of drug-likeness (QED) is 0.852. The van der Waals surface area contributed by atoms with Crippen LogP contribution in [0, 0.1) is 0 Å². The fraction of sp³-hybridized carbons (Fsp3) is 0.250. The first-order valence-corrected chi connectivity index (χ1v) is 5.35. The van der Waals surface area contributed by atoms with Crippen molar-refractivity contribution in [2.45, 2.75) is 19.3 Å². The summed E-state index contributed by atoms with van der Waals surface area (Å²) in [6.45, 7) is 0. The van der Waals surface area contributed by atoms with Gasteiger partial charge in [0.25, 0.3) is 5.82 Å². The second kappa shape index (κ2) is 5.25. The van der Waals surface area contributed by atoms with Gasteiger partial charge in [-0.1, -0.05) is 30.3 Å². The molecule has 0 spiro atoms. The number of hydrogen-bond donors (Lipinski definition) is 1. The summed E-state index contributed by atoms with van der Waals surface area (Å²) in [6, 6.07) is 10.1. The van der Waals surface area contributed by atoms with Crippen molar-refractivity contribution in [1.29, 1.82) is 0 Å². The van der Waals surface area contributed by atoms with E-state index in [4.69, 9.17) is 9.63 Å². The number of carboxylic acid groups (broad SMARTS) is 1. The Morgan fingerprint density at radius 2 is 2.00 bits per heavy atom. The number of nitrogens with zero attached hydrogens (tertiary/aromatic N) is 2. The highest BCUT2D eigenvalue weighted by molar-refractivity contribution is 5.82. The third-order valence-electron chi connectivity index (χ3n) is 2.36. The first-order valence-electron chi connectivity index (χ1n) is 5.35. The van der Waals surface area contributed by atoms with E-state index in [1.165, 1.54) is 5.56 Å². The fourth-order valence-corrected chi connectivity index (χ4v) is 1.53. The molecule has 0 saturated heterocycles. The van der Waals surface area contributed by atoms with Crippen LogP contribution in [-0.4, -0.2) is 21.2 Å². The van der Waals surface area contributed by atoms with E-state index < -0.39 is 5.97 Å². The van der Waals surface area contributed by atoms with Crippen molar-refractivity contribution >= 4 is 5.97 Å². The van der Waals surface area contributed by atoms with Crippen LogP contribution in [0.15, 0.2) is 34.9 Å². The van der Waals surface area contributed by atoms with Gasteiger partial charge in [-0.3, -0.25) is 0 Å². The Bertz CT molecular complexity index is 493. The maximum atomic E-state index is 10.5. The van der Waals surface area contributed by atoms with Gasteiger partial charge in [0.15, 0.2) is 0 Å². The second-order valence-corrected chi connectivity index (χ2v) is 3.66. The SMILES string of the molecule is O=C(O)c1noc(CCCc2ccccc2)n1. The van der Waals surface area contributed by atoms with Crippen LogP contribution in [-0.2, 0) is 12.8 Å². The smallest absolute Gasteiger partial charge is 0.377 e. The lowest BCUT2D eigenvalue weighted by Crippen LogP contribution is -1.99. The molecule has 88 valence electrons. The van der Waals surface area contributed by atoms with E-state index in [1.807, 2.05) is 18.2 Å². The molecule has 1 aromatic heterocycles. The van der Waals surface area contributed by atoms with Crippen LogP contribution in [0.2, 0.25) is 0 Å². The van der Waals surface area contributed by atoms with Gasteiger partial charge in [0.1, 0.15) is 0 Å². The predicted molar refractivity (Wildman–Crippen MR) is 59.7 cm³/mol. The molecule has 0 bridgehead atoms. The van der Waals surface area contributed by atoms with E-state index in [1.54, 1.807) is 0 Å². The van der Waals surface area contributed by atoms with Crippen LogP contribution >= 0.6 is 0 Å². The summed E-state index contributed by atoms with van der Waals surface area (Å²) >= 11 is 0. The van der Waals surface area contributed by atoms with Crippen molar-refractivity contribution in [3.63, 3.8) is 0 Å². The Morgan fingerprint density at radius 3 is 2.65 bits per heavy atom. The molecule has 1 heterocycles. The average Bonchev–Trinajstić information content (AvgIpc) is 2.79. The monoisotopic (exact) mass is 232 g/mol. The van der Waals surface area contributed by atoms with Gasteiger partial charge in [0, 0.05) is 6.42 Å². The largest absolute Gasteiger partial charge is 0.475 e. The van der Waals surface area contributed by atoms with Gasteiger partial charge in [-0.25, -0.2) is 4.79 Å². The normalized spacial score (nSPS) is 10.4. The Morgan fingerprint density at radius 1 is 1.24 bits per heavy atom. The zero-order valence-electron chi connectivity index (χ0n) is 9.17. The van der Waals surface area contributed by atoms with Crippen molar-refractivity contribution in [2.75, 3.05) is 0 Å².